The van der Waals surface area contributed by atoms with Crippen LogP contribution in [0.25, 0.3) is 0 Å². The van der Waals surface area contributed by atoms with Crippen molar-refractivity contribution in [3.63, 3.8) is 0 Å². The van der Waals surface area contributed by atoms with Crippen LogP contribution in [0.15, 0.2) is 36.4 Å². The number of methoxy groups -OCH3 is 2. The van der Waals surface area contributed by atoms with E-state index in [0.717, 1.165) is 28.0 Å². The maximum Gasteiger partial charge on any atom is 0.123 e. The summed E-state index contributed by atoms with van der Waals surface area (Å²) in [5.74, 6) is 1.21. The summed E-state index contributed by atoms with van der Waals surface area (Å²) in [6.07, 6.45) is -0.205. The van der Waals surface area contributed by atoms with Crippen molar-refractivity contribution in [2.24, 2.45) is 0 Å². The third-order valence-corrected chi connectivity index (χ3v) is 4.71. The molecule has 142 valence electrons. The molecular formula is C23H32O3. The number of hydrogen-bond acceptors (Lipinski definition) is 3. The van der Waals surface area contributed by atoms with E-state index in [2.05, 4.69) is 53.7 Å². The second-order valence-electron chi connectivity index (χ2n) is 8.85. The number of aromatic hydroxyl groups is 1. The van der Waals surface area contributed by atoms with Gasteiger partial charge in [0.25, 0.3) is 0 Å². The molecule has 0 heterocycles. The molecule has 0 fully saturated rings. The first-order chi connectivity index (χ1) is 12.0. The smallest absolute Gasteiger partial charge is 0.123 e. The molecule has 1 unspecified atom stereocenters. The van der Waals surface area contributed by atoms with E-state index in [9.17, 15) is 5.11 Å². The second-order valence-corrected chi connectivity index (χ2v) is 8.85. The van der Waals surface area contributed by atoms with Crippen LogP contribution in [-0.2, 0) is 15.6 Å². The van der Waals surface area contributed by atoms with Gasteiger partial charge in [0.05, 0.1) is 7.11 Å². The van der Waals surface area contributed by atoms with E-state index in [4.69, 9.17) is 9.47 Å². The number of benzene rings is 2. The summed E-state index contributed by atoms with van der Waals surface area (Å²) in [4.78, 5) is 0. The fourth-order valence-electron chi connectivity index (χ4n) is 3.19. The highest BCUT2D eigenvalue weighted by molar-refractivity contribution is 5.51. The Bertz CT molecular complexity index is 711. The molecule has 2 aromatic rings. The van der Waals surface area contributed by atoms with E-state index in [1.807, 2.05) is 24.3 Å². The maximum absolute atomic E-state index is 10.9. The molecule has 0 saturated carbocycles. The Morgan fingerprint density at radius 3 is 1.58 bits per heavy atom. The molecule has 3 nitrogen and oxygen atoms in total. The van der Waals surface area contributed by atoms with Crippen LogP contribution >= 0.6 is 0 Å². The van der Waals surface area contributed by atoms with Crippen molar-refractivity contribution in [3.8, 4) is 11.5 Å². The topological polar surface area (TPSA) is 38.7 Å². The summed E-state index contributed by atoms with van der Waals surface area (Å²) in [6.45, 7) is 12.7. The average Bonchev–Trinajstić information content (AvgIpc) is 2.55. The highest BCUT2D eigenvalue weighted by atomic mass is 16.5. The van der Waals surface area contributed by atoms with Crippen LogP contribution in [0.3, 0.4) is 0 Å². The second kappa shape index (κ2) is 7.32. The van der Waals surface area contributed by atoms with Crippen molar-refractivity contribution < 1.29 is 14.6 Å². The quantitative estimate of drug-likeness (QED) is 0.760. The fourth-order valence-corrected chi connectivity index (χ4v) is 3.19. The highest BCUT2D eigenvalue weighted by Crippen LogP contribution is 2.42. The third-order valence-electron chi connectivity index (χ3n) is 4.71. The van der Waals surface area contributed by atoms with E-state index in [1.54, 1.807) is 14.2 Å². The minimum atomic E-state index is -0.205. The minimum absolute atomic E-state index is 0.168. The first kappa shape index (κ1) is 20.3. The van der Waals surface area contributed by atoms with E-state index >= 15 is 0 Å². The molecule has 0 aromatic heterocycles. The van der Waals surface area contributed by atoms with Crippen molar-refractivity contribution in [1.82, 2.24) is 0 Å². The number of phenols is 1. The van der Waals surface area contributed by atoms with Gasteiger partial charge in [-0.3, -0.25) is 0 Å². The molecule has 0 radical (unpaired) electrons. The zero-order chi connectivity index (χ0) is 19.7. The normalized spacial score (nSPS) is 13.5. The monoisotopic (exact) mass is 356 g/mol. The van der Waals surface area contributed by atoms with Gasteiger partial charge in [-0.1, -0.05) is 53.7 Å². The number of phenolic OH excluding ortho intramolecular Hbond substituents is 1. The van der Waals surface area contributed by atoms with Crippen molar-refractivity contribution in [3.05, 3.63) is 58.7 Å². The van der Waals surface area contributed by atoms with Crippen LogP contribution in [0.1, 0.15) is 69.9 Å². The Balaban J connectivity index is 2.65. The van der Waals surface area contributed by atoms with Gasteiger partial charge >= 0.3 is 0 Å². The molecular weight excluding hydrogens is 324 g/mol. The van der Waals surface area contributed by atoms with Crippen LogP contribution < -0.4 is 4.74 Å². The lowest BCUT2D eigenvalue weighted by Gasteiger charge is -2.29. The van der Waals surface area contributed by atoms with Crippen molar-refractivity contribution in [1.29, 1.82) is 0 Å². The summed E-state index contributed by atoms with van der Waals surface area (Å²) >= 11 is 0. The molecule has 1 atom stereocenters. The first-order valence-corrected chi connectivity index (χ1v) is 9.03. The van der Waals surface area contributed by atoms with Gasteiger partial charge < -0.3 is 14.6 Å². The first-order valence-electron chi connectivity index (χ1n) is 9.03. The molecule has 0 saturated heterocycles. The highest BCUT2D eigenvalue weighted by Gasteiger charge is 2.28. The molecule has 2 aromatic carbocycles. The Hall–Kier alpha value is -2.00. The van der Waals surface area contributed by atoms with Gasteiger partial charge in [-0.25, -0.2) is 0 Å². The Labute approximate surface area is 158 Å². The summed E-state index contributed by atoms with van der Waals surface area (Å²) in [5.41, 5.74) is 3.64. The molecule has 26 heavy (non-hydrogen) atoms. The molecule has 1 N–H and O–H groups in total. The molecule has 0 aliphatic heterocycles. The lowest BCUT2D eigenvalue weighted by Crippen LogP contribution is -2.19. The van der Waals surface area contributed by atoms with E-state index < -0.39 is 0 Å². The van der Waals surface area contributed by atoms with Crippen LogP contribution in [0.2, 0.25) is 0 Å². The van der Waals surface area contributed by atoms with Gasteiger partial charge in [0.1, 0.15) is 17.6 Å². The zero-order valence-corrected chi connectivity index (χ0v) is 17.3. The summed E-state index contributed by atoms with van der Waals surface area (Å²) in [5, 5.41) is 10.9. The van der Waals surface area contributed by atoms with Gasteiger partial charge in [-0.15, -0.1) is 0 Å². The molecule has 0 bridgehead atoms. The SMILES string of the molecule is COc1ccc(C(OC)c2cc(C(C)(C)C)c(O)c(C(C)(C)C)c2)cc1. The van der Waals surface area contributed by atoms with Crippen molar-refractivity contribution in [2.75, 3.05) is 14.2 Å². The largest absolute Gasteiger partial charge is 0.507 e. The summed E-state index contributed by atoms with van der Waals surface area (Å²) in [6, 6.07) is 12.1. The predicted octanol–water partition coefficient (Wildman–Crippen LogP) is 5.73. The standard InChI is InChI=1S/C23H32O3/c1-22(2,3)18-13-16(14-19(20(18)24)23(4,5)6)21(26-8)15-9-11-17(25-7)12-10-15/h9-14,21,24H,1-8H3. The molecule has 0 amide bonds. The molecule has 0 aliphatic carbocycles. The maximum atomic E-state index is 10.9. The summed E-state index contributed by atoms with van der Waals surface area (Å²) in [7, 11) is 3.38. The lowest BCUT2D eigenvalue weighted by atomic mass is 9.77. The van der Waals surface area contributed by atoms with Gasteiger partial charge in [-0.05, 0) is 57.3 Å². The molecule has 2 rings (SSSR count). The van der Waals surface area contributed by atoms with Crippen LogP contribution in [0, 0.1) is 0 Å². The summed E-state index contributed by atoms with van der Waals surface area (Å²) < 4.78 is 11.1. The van der Waals surface area contributed by atoms with Crippen molar-refractivity contribution >= 4 is 0 Å². The average molecular weight is 357 g/mol. The Morgan fingerprint density at radius 1 is 0.769 bits per heavy atom. The van der Waals surface area contributed by atoms with Crippen LogP contribution in [-0.4, -0.2) is 19.3 Å². The fraction of sp³-hybridized carbons (Fsp3) is 0.478. The Morgan fingerprint density at radius 2 is 1.23 bits per heavy atom. The zero-order valence-electron chi connectivity index (χ0n) is 17.3. The van der Waals surface area contributed by atoms with Gasteiger partial charge in [0.15, 0.2) is 0 Å². The Kier molecular flexibility index (Phi) is 5.72. The van der Waals surface area contributed by atoms with E-state index in [-0.39, 0.29) is 16.9 Å². The van der Waals surface area contributed by atoms with Crippen molar-refractivity contribution in [2.45, 2.75) is 58.5 Å². The van der Waals surface area contributed by atoms with Crippen LogP contribution in [0.4, 0.5) is 0 Å². The minimum Gasteiger partial charge on any atom is -0.507 e. The predicted molar refractivity (Wildman–Crippen MR) is 107 cm³/mol. The molecule has 0 aliphatic rings. The van der Waals surface area contributed by atoms with Gasteiger partial charge in [0.2, 0.25) is 0 Å². The molecule has 3 heteroatoms. The van der Waals surface area contributed by atoms with E-state index in [1.165, 1.54) is 0 Å². The molecule has 0 spiro atoms. The number of ether oxygens (including phenoxy) is 2. The lowest BCUT2D eigenvalue weighted by molar-refractivity contribution is 0.136. The number of hydrogen-bond donors (Lipinski definition) is 1. The van der Waals surface area contributed by atoms with Crippen LogP contribution in [0.5, 0.6) is 11.5 Å². The third kappa shape index (κ3) is 4.21. The van der Waals surface area contributed by atoms with Gasteiger partial charge in [0, 0.05) is 7.11 Å². The number of rotatable bonds is 4. The van der Waals surface area contributed by atoms with Gasteiger partial charge in [-0.2, -0.15) is 0 Å². The van der Waals surface area contributed by atoms with E-state index in [0.29, 0.717) is 5.75 Å².